The lowest BCUT2D eigenvalue weighted by molar-refractivity contribution is -0.137. The summed E-state index contributed by atoms with van der Waals surface area (Å²) in [7, 11) is 1.91. The van der Waals surface area contributed by atoms with Crippen molar-refractivity contribution < 1.29 is 17.9 Å². The Morgan fingerprint density at radius 1 is 1.22 bits per heavy atom. The number of halogens is 3. The zero-order valence-electron chi connectivity index (χ0n) is 16.0. The van der Waals surface area contributed by atoms with Crippen LogP contribution in [-0.2, 0) is 29.9 Å². The fraction of sp³-hybridized carbons (Fsp3) is 0.550. The SMILES string of the molecule is Cc1nn(C)c(C)c1CNCC1(c2cccc(C(F)(F)F)c2)CCOCC1. The van der Waals surface area contributed by atoms with Crippen LogP contribution in [0.15, 0.2) is 24.3 Å². The maximum Gasteiger partial charge on any atom is 0.416 e. The van der Waals surface area contributed by atoms with Crippen molar-refractivity contribution in [3.8, 4) is 0 Å². The molecule has 2 heterocycles. The maximum atomic E-state index is 13.2. The van der Waals surface area contributed by atoms with E-state index in [1.165, 1.54) is 12.1 Å². The first-order valence-electron chi connectivity index (χ1n) is 9.18. The molecule has 0 amide bonds. The molecule has 27 heavy (non-hydrogen) atoms. The molecule has 0 atom stereocenters. The van der Waals surface area contributed by atoms with E-state index in [1.807, 2.05) is 31.6 Å². The van der Waals surface area contributed by atoms with E-state index in [0.29, 0.717) is 39.1 Å². The van der Waals surface area contributed by atoms with Gasteiger partial charge in [0.25, 0.3) is 0 Å². The lowest BCUT2D eigenvalue weighted by atomic mass is 9.73. The third-order valence-electron chi connectivity index (χ3n) is 5.68. The fourth-order valence-electron chi connectivity index (χ4n) is 3.86. The molecule has 0 spiro atoms. The Kier molecular flexibility index (Phi) is 5.63. The largest absolute Gasteiger partial charge is 0.416 e. The van der Waals surface area contributed by atoms with E-state index < -0.39 is 11.7 Å². The molecule has 0 saturated carbocycles. The van der Waals surface area contributed by atoms with E-state index in [4.69, 9.17) is 4.74 Å². The quantitative estimate of drug-likeness (QED) is 0.854. The summed E-state index contributed by atoms with van der Waals surface area (Å²) in [4.78, 5) is 0. The average Bonchev–Trinajstić information content (AvgIpc) is 2.88. The van der Waals surface area contributed by atoms with Crippen LogP contribution in [0.4, 0.5) is 13.2 Å². The highest BCUT2D eigenvalue weighted by molar-refractivity contribution is 5.33. The van der Waals surface area contributed by atoms with Crippen molar-refractivity contribution in [3.05, 3.63) is 52.3 Å². The predicted octanol–water partition coefficient (Wildman–Crippen LogP) is 3.89. The smallest absolute Gasteiger partial charge is 0.381 e. The van der Waals surface area contributed by atoms with Crippen molar-refractivity contribution in [2.75, 3.05) is 19.8 Å². The molecule has 0 aliphatic carbocycles. The highest BCUT2D eigenvalue weighted by Gasteiger charge is 2.37. The molecular formula is C20H26F3N3O. The Bertz CT molecular complexity index is 792. The van der Waals surface area contributed by atoms with Crippen molar-refractivity contribution in [1.82, 2.24) is 15.1 Å². The van der Waals surface area contributed by atoms with Crippen molar-refractivity contribution in [2.45, 2.75) is 44.8 Å². The number of alkyl halides is 3. The van der Waals surface area contributed by atoms with E-state index in [0.717, 1.165) is 28.6 Å². The van der Waals surface area contributed by atoms with Crippen LogP contribution >= 0.6 is 0 Å². The minimum Gasteiger partial charge on any atom is -0.381 e. The summed E-state index contributed by atoms with van der Waals surface area (Å²) >= 11 is 0. The molecule has 1 saturated heterocycles. The summed E-state index contributed by atoms with van der Waals surface area (Å²) in [6, 6.07) is 5.74. The first kappa shape index (κ1) is 19.9. The monoisotopic (exact) mass is 381 g/mol. The molecule has 1 fully saturated rings. The van der Waals surface area contributed by atoms with Gasteiger partial charge in [-0.2, -0.15) is 18.3 Å². The van der Waals surface area contributed by atoms with Crippen LogP contribution in [0.3, 0.4) is 0 Å². The molecule has 148 valence electrons. The van der Waals surface area contributed by atoms with E-state index in [2.05, 4.69) is 10.4 Å². The Morgan fingerprint density at radius 3 is 2.52 bits per heavy atom. The zero-order chi connectivity index (χ0) is 19.7. The molecule has 1 aromatic heterocycles. The number of aryl methyl sites for hydroxylation is 2. The number of aromatic nitrogens is 2. The second-order valence-corrected chi connectivity index (χ2v) is 7.35. The highest BCUT2D eigenvalue weighted by atomic mass is 19.4. The molecule has 0 unspecified atom stereocenters. The third kappa shape index (κ3) is 4.19. The Hall–Kier alpha value is -1.86. The van der Waals surface area contributed by atoms with Gasteiger partial charge in [-0.3, -0.25) is 4.68 Å². The van der Waals surface area contributed by atoms with Crippen LogP contribution in [0.25, 0.3) is 0 Å². The summed E-state index contributed by atoms with van der Waals surface area (Å²) < 4.78 is 46.9. The zero-order valence-corrected chi connectivity index (χ0v) is 16.0. The summed E-state index contributed by atoms with van der Waals surface area (Å²) in [5, 5.41) is 7.90. The summed E-state index contributed by atoms with van der Waals surface area (Å²) in [6.45, 7) is 6.36. The van der Waals surface area contributed by atoms with Crippen LogP contribution in [0.2, 0.25) is 0 Å². The fourth-order valence-corrected chi connectivity index (χ4v) is 3.86. The average molecular weight is 381 g/mol. The lowest BCUT2D eigenvalue weighted by Gasteiger charge is -2.38. The summed E-state index contributed by atoms with van der Waals surface area (Å²) in [5.41, 5.74) is 2.99. The predicted molar refractivity (Wildman–Crippen MR) is 97.6 cm³/mol. The first-order valence-corrected chi connectivity index (χ1v) is 9.18. The number of nitrogens with one attached hydrogen (secondary N) is 1. The van der Waals surface area contributed by atoms with E-state index >= 15 is 0 Å². The molecule has 3 rings (SSSR count). The first-order chi connectivity index (χ1) is 12.7. The van der Waals surface area contributed by atoms with Gasteiger partial charge in [0.15, 0.2) is 0 Å². The highest BCUT2D eigenvalue weighted by Crippen LogP contribution is 2.38. The number of ether oxygens (including phenoxy) is 1. The van der Waals surface area contributed by atoms with Gasteiger partial charge in [-0.25, -0.2) is 0 Å². The van der Waals surface area contributed by atoms with Crippen LogP contribution in [0.1, 0.15) is 40.9 Å². The molecule has 1 N–H and O–H groups in total. The van der Waals surface area contributed by atoms with E-state index in [-0.39, 0.29) is 5.41 Å². The van der Waals surface area contributed by atoms with Gasteiger partial charge in [-0.15, -0.1) is 0 Å². The van der Waals surface area contributed by atoms with Crippen molar-refractivity contribution in [2.24, 2.45) is 7.05 Å². The maximum absolute atomic E-state index is 13.2. The number of nitrogens with zero attached hydrogens (tertiary/aromatic N) is 2. The summed E-state index contributed by atoms with van der Waals surface area (Å²) in [5.74, 6) is 0. The molecular weight excluding hydrogens is 355 g/mol. The molecule has 1 aliphatic rings. The van der Waals surface area contributed by atoms with Crippen LogP contribution < -0.4 is 5.32 Å². The van der Waals surface area contributed by atoms with Crippen molar-refractivity contribution in [3.63, 3.8) is 0 Å². The standard InChI is InChI=1S/C20H26F3N3O/c1-14-18(15(2)26(3)25-14)12-24-13-19(7-9-27-10-8-19)16-5-4-6-17(11-16)20(21,22)23/h4-6,11,24H,7-10,12-13H2,1-3H3. The van der Waals surface area contributed by atoms with E-state index in [9.17, 15) is 13.2 Å². The minimum absolute atomic E-state index is 0.358. The van der Waals surface area contributed by atoms with Gasteiger partial charge in [0.1, 0.15) is 0 Å². The Morgan fingerprint density at radius 2 is 1.93 bits per heavy atom. The van der Waals surface area contributed by atoms with Gasteiger partial charge in [-0.1, -0.05) is 18.2 Å². The lowest BCUT2D eigenvalue weighted by Crippen LogP contribution is -2.42. The number of benzene rings is 1. The number of rotatable bonds is 5. The Balaban J connectivity index is 1.81. The second-order valence-electron chi connectivity index (χ2n) is 7.35. The van der Waals surface area contributed by atoms with Gasteiger partial charge < -0.3 is 10.1 Å². The van der Waals surface area contributed by atoms with Crippen LogP contribution in [0, 0.1) is 13.8 Å². The third-order valence-corrected chi connectivity index (χ3v) is 5.68. The molecule has 4 nitrogen and oxygen atoms in total. The molecule has 1 aromatic carbocycles. The van der Waals surface area contributed by atoms with Gasteiger partial charge in [0.05, 0.1) is 11.3 Å². The van der Waals surface area contributed by atoms with Gasteiger partial charge in [-0.05, 0) is 38.3 Å². The van der Waals surface area contributed by atoms with Gasteiger partial charge >= 0.3 is 6.18 Å². The van der Waals surface area contributed by atoms with E-state index in [1.54, 1.807) is 0 Å². The molecule has 1 aliphatic heterocycles. The Labute approximate surface area is 157 Å². The van der Waals surface area contributed by atoms with Gasteiger partial charge in [0.2, 0.25) is 0 Å². The molecule has 0 radical (unpaired) electrons. The number of hydrogen-bond acceptors (Lipinski definition) is 3. The number of hydrogen-bond donors (Lipinski definition) is 1. The van der Waals surface area contributed by atoms with Crippen LogP contribution in [0.5, 0.6) is 0 Å². The normalized spacial score (nSPS) is 17.3. The summed E-state index contributed by atoms with van der Waals surface area (Å²) in [6.07, 6.45) is -2.93. The topological polar surface area (TPSA) is 39.1 Å². The van der Waals surface area contributed by atoms with Gasteiger partial charge in [0, 0.05) is 50.0 Å². The van der Waals surface area contributed by atoms with Crippen molar-refractivity contribution >= 4 is 0 Å². The van der Waals surface area contributed by atoms with Crippen molar-refractivity contribution in [1.29, 1.82) is 0 Å². The second kappa shape index (κ2) is 7.64. The molecule has 0 bridgehead atoms. The molecule has 2 aromatic rings. The van der Waals surface area contributed by atoms with Crippen LogP contribution in [-0.4, -0.2) is 29.5 Å². The minimum atomic E-state index is -4.33. The molecule has 7 heteroatoms.